The van der Waals surface area contributed by atoms with Crippen molar-refractivity contribution in [2.24, 2.45) is 0 Å². The molecule has 0 N–H and O–H groups in total. The third kappa shape index (κ3) is 5.79. The first kappa shape index (κ1) is 26.3. The first-order valence-electron chi connectivity index (χ1n) is 11.1. The van der Waals surface area contributed by atoms with E-state index in [4.69, 9.17) is 0 Å². The summed E-state index contributed by atoms with van der Waals surface area (Å²) < 4.78 is 27.1. The average Bonchev–Trinajstić information content (AvgIpc) is 3.00. The molecule has 1 aliphatic carbocycles. The molecule has 0 fully saturated rings. The molecule has 0 aliphatic heterocycles. The number of carbonyl (C=O) groups is 1. The summed E-state index contributed by atoms with van der Waals surface area (Å²) in [5.41, 5.74) is 6.39. The maximum atomic E-state index is 13.6. The van der Waals surface area contributed by atoms with Gasteiger partial charge in [-0.05, 0) is 64.3 Å². The van der Waals surface area contributed by atoms with Crippen LogP contribution in [0.4, 0.5) is 8.78 Å². The summed E-state index contributed by atoms with van der Waals surface area (Å²) in [6.07, 6.45) is 7.92. The number of carboxylic acid groups (broad SMARTS) is 1. The van der Waals surface area contributed by atoms with Crippen molar-refractivity contribution in [2.45, 2.75) is 11.7 Å². The molecular formula is C29H20F2NNaO2S. The van der Waals surface area contributed by atoms with Crippen LogP contribution in [-0.4, -0.2) is 16.7 Å². The van der Waals surface area contributed by atoms with Crippen molar-refractivity contribution in [3.8, 4) is 0 Å². The van der Waals surface area contributed by atoms with Crippen LogP contribution in [0, 0.1) is 11.6 Å². The molecule has 0 amide bonds. The van der Waals surface area contributed by atoms with E-state index in [1.54, 1.807) is 23.9 Å². The maximum absolute atomic E-state index is 13.6. The molecule has 3 aromatic carbocycles. The summed E-state index contributed by atoms with van der Waals surface area (Å²) in [6.45, 7) is 0. The molecule has 0 bridgehead atoms. The number of halogens is 2. The Morgan fingerprint density at radius 1 is 0.917 bits per heavy atom. The third-order valence-corrected chi connectivity index (χ3v) is 7.19. The molecule has 0 saturated carbocycles. The van der Waals surface area contributed by atoms with E-state index in [1.165, 1.54) is 0 Å². The quantitative estimate of drug-likeness (QED) is 0.377. The van der Waals surface area contributed by atoms with E-state index >= 15 is 0 Å². The van der Waals surface area contributed by atoms with E-state index in [0.29, 0.717) is 22.3 Å². The van der Waals surface area contributed by atoms with Crippen LogP contribution in [0.2, 0.25) is 0 Å². The van der Waals surface area contributed by atoms with E-state index in [0.717, 1.165) is 39.9 Å². The molecule has 4 aromatic rings. The van der Waals surface area contributed by atoms with Crippen molar-refractivity contribution in [3.05, 3.63) is 112 Å². The van der Waals surface area contributed by atoms with Gasteiger partial charge in [-0.25, -0.2) is 13.8 Å². The number of thioether (sulfide) groups is 1. The standard InChI is InChI=1S/C29H21F2NO2S.Na/c30-25-16-21-10-12-22(32-27(21)17-26(25)31)11-6-18-5-7-20-9-8-19-3-1-2-4-23(19)29(24(20)15-18)35-14-13-28(33)34;/h1-12,15-17,29H,13-14H2,(H,33,34);/q;+1/p-1. The zero-order valence-electron chi connectivity index (χ0n) is 19.6. The maximum Gasteiger partial charge on any atom is 1.00 e. The van der Waals surface area contributed by atoms with Gasteiger partial charge in [0, 0.05) is 17.4 Å². The topological polar surface area (TPSA) is 53.0 Å². The van der Waals surface area contributed by atoms with Gasteiger partial charge in [0.25, 0.3) is 0 Å². The first-order valence-corrected chi connectivity index (χ1v) is 12.2. The van der Waals surface area contributed by atoms with Crippen molar-refractivity contribution >= 4 is 52.9 Å². The number of carbonyl (C=O) groups excluding carboxylic acids is 1. The predicted molar refractivity (Wildman–Crippen MR) is 136 cm³/mol. The Bertz CT molecular complexity index is 1500. The van der Waals surface area contributed by atoms with Crippen LogP contribution >= 0.6 is 11.8 Å². The monoisotopic (exact) mass is 507 g/mol. The minimum Gasteiger partial charge on any atom is -0.550 e. The fourth-order valence-electron chi connectivity index (χ4n) is 4.17. The number of rotatable bonds is 6. The Labute approximate surface area is 234 Å². The molecular weight excluding hydrogens is 487 g/mol. The van der Waals surface area contributed by atoms with Crippen molar-refractivity contribution < 1.29 is 48.2 Å². The number of fused-ring (bicyclic) bond motifs is 3. The average molecular weight is 508 g/mol. The number of aliphatic carboxylic acids is 1. The second-order valence-corrected chi connectivity index (χ2v) is 9.46. The third-order valence-electron chi connectivity index (χ3n) is 5.90. The smallest absolute Gasteiger partial charge is 0.550 e. The summed E-state index contributed by atoms with van der Waals surface area (Å²) in [6, 6.07) is 20.0. The number of hydrogen-bond acceptors (Lipinski definition) is 4. The molecule has 1 atom stereocenters. The Hall–Kier alpha value is -2.77. The fraction of sp³-hybridized carbons (Fsp3) is 0.103. The van der Waals surface area contributed by atoms with Crippen LogP contribution in [0.5, 0.6) is 0 Å². The van der Waals surface area contributed by atoms with Crippen molar-refractivity contribution in [3.63, 3.8) is 0 Å². The van der Waals surface area contributed by atoms with Crippen LogP contribution in [0.3, 0.4) is 0 Å². The van der Waals surface area contributed by atoms with Crippen molar-refractivity contribution in [2.75, 3.05) is 5.75 Å². The molecule has 5 rings (SSSR count). The van der Waals surface area contributed by atoms with E-state index < -0.39 is 17.6 Å². The predicted octanol–water partition coefficient (Wildman–Crippen LogP) is 3.13. The van der Waals surface area contributed by atoms with E-state index in [1.807, 2.05) is 30.4 Å². The van der Waals surface area contributed by atoms with E-state index in [-0.39, 0.29) is 41.2 Å². The van der Waals surface area contributed by atoms with Crippen molar-refractivity contribution in [1.82, 2.24) is 4.98 Å². The molecule has 36 heavy (non-hydrogen) atoms. The van der Waals surface area contributed by atoms with Crippen LogP contribution in [0.1, 0.15) is 45.2 Å². The van der Waals surface area contributed by atoms with Crippen LogP contribution in [-0.2, 0) is 4.79 Å². The van der Waals surface area contributed by atoms with Gasteiger partial charge >= 0.3 is 29.6 Å². The number of hydrogen-bond donors (Lipinski definition) is 0. The van der Waals surface area contributed by atoms with Gasteiger partial charge < -0.3 is 9.90 Å². The van der Waals surface area contributed by atoms with Gasteiger partial charge in [0.2, 0.25) is 0 Å². The largest absolute Gasteiger partial charge is 1.00 e. The molecule has 0 spiro atoms. The van der Waals surface area contributed by atoms with Gasteiger partial charge in [-0.2, -0.15) is 0 Å². The van der Waals surface area contributed by atoms with Gasteiger partial charge in [-0.1, -0.05) is 60.7 Å². The van der Waals surface area contributed by atoms with Gasteiger partial charge in [0.05, 0.1) is 16.5 Å². The summed E-state index contributed by atoms with van der Waals surface area (Å²) in [5.74, 6) is -2.43. The number of benzene rings is 3. The molecule has 7 heteroatoms. The number of pyridine rings is 1. The molecule has 1 aliphatic rings. The minimum absolute atomic E-state index is 0. The number of nitrogens with zero attached hydrogens (tertiary/aromatic N) is 1. The molecule has 0 radical (unpaired) electrons. The molecule has 1 unspecified atom stereocenters. The van der Waals surface area contributed by atoms with Crippen LogP contribution in [0.25, 0.3) is 35.2 Å². The summed E-state index contributed by atoms with van der Waals surface area (Å²) in [4.78, 5) is 15.4. The Kier molecular flexibility index (Phi) is 8.42. The van der Waals surface area contributed by atoms with Gasteiger partial charge in [0.15, 0.2) is 11.6 Å². The normalized spacial score (nSPS) is 14.2. The first-order chi connectivity index (χ1) is 17.0. The molecule has 0 saturated heterocycles. The Morgan fingerprint density at radius 2 is 1.67 bits per heavy atom. The fourth-order valence-corrected chi connectivity index (χ4v) is 5.47. The minimum atomic E-state index is -1.06. The molecule has 174 valence electrons. The zero-order valence-corrected chi connectivity index (χ0v) is 22.4. The summed E-state index contributed by atoms with van der Waals surface area (Å²) >= 11 is 1.59. The van der Waals surface area contributed by atoms with E-state index in [2.05, 4.69) is 41.4 Å². The van der Waals surface area contributed by atoms with Crippen LogP contribution < -0.4 is 34.7 Å². The molecule has 1 heterocycles. The second kappa shape index (κ2) is 11.5. The molecule has 1 aromatic heterocycles. The SMILES string of the molecule is O=C([O-])CCSC1c2ccccc2C=Cc2ccc(C=Cc3ccc4cc(F)c(F)cc4n3)cc21.[Na+]. The zero-order chi connectivity index (χ0) is 24.4. The number of aromatic nitrogens is 1. The number of carboxylic acids is 1. The second-order valence-electron chi connectivity index (χ2n) is 8.25. The van der Waals surface area contributed by atoms with E-state index in [9.17, 15) is 18.7 Å². The van der Waals surface area contributed by atoms with Gasteiger partial charge in [0.1, 0.15) is 0 Å². The Morgan fingerprint density at radius 3 is 2.47 bits per heavy atom. The van der Waals surface area contributed by atoms with Crippen molar-refractivity contribution in [1.29, 1.82) is 0 Å². The Balaban J connectivity index is 0.00000304. The summed E-state index contributed by atoms with van der Waals surface area (Å²) in [7, 11) is 0. The summed E-state index contributed by atoms with van der Waals surface area (Å²) in [5, 5.41) is 11.5. The van der Waals surface area contributed by atoms with Gasteiger partial charge in [-0.3, -0.25) is 0 Å². The molecule has 3 nitrogen and oxygen atoms in total. The van der Waals surface area contributed by atoms with Gasteiger partial charge in [-0.15, -0.1) is 11.8 Å². The van der Waals surface area contributed by atoms with Crippen LogP contribution in [0.15, 0.2) is 66.7 Å².